The maximum atomic E-state index is 11.4. The van der Waals surface area contributed by atoms with E-state index in [0.29, 0.717) is 0 Å². The molecule has 2 N–H and O–H groups in total. The van der Waals surface area contributed by atoms with Crippen LogP contribution in [0.3, 0.4) is 0 Å². The molecule has 0 aromatic heterocycles. The monoisotopic (exact) mass is 293 g/mol. The molecule has 0 atom stereocenters. The van der Waals surface area contributed by atoms with Gasteiger partial charge in [-0.25, -0.2) is 0 Å². The van der Waals surface area contributed by atoms with Crippen molar-refractivity contribution in [3.63, 3.8) is 0 Å². The molecule has 21 heavy (non-hydrogen) atoms. The van der Waals surface area contributed by atoms with E-state index >= 15 is 0 Å². The average Bonchev–Trinajstić information content (AvgIpc) is 2.35. The van der Waals surface area contributed by atoms with Gasteiger partial charge in [0.1, 0.15) is 12.3 Å². The SMILES string of the molecule is Cc1ccc(C(C)(C)C)c(OCCC(=O)NCC(=O)O)c1. The normalized spacial score (nSPS) is 11.0. The summed E-state index contributed by atoms with van der Waals surface area (Å²) in [6.45, 7) is 8.14. The van der Waals surface area contributed by atoms with Crippen LogP contribution in [0.4, 0.5) is 0 Å². The second-order valence-corrected chi connectivity index (χ2v) is 6.02. The molecule has 0 saturated heterocycles. The molecule has 5 heteroatoms. The quantitative estimate of drug-likeness (QED) is 0.843. The van der Waals surface area contributed by atoms with E-state index in [0.717, 1.165) is 16.9 Å². The fraction of sp³-hybridized carbons (Fsp3) is 0.500. The van der Waals surface area contributed by atoms with E-state index in [1.165, 1.54) is 0 Å². The molecule has 0 heterocycles. The lowest BCUT2D eigenvalue weighted by Gasteiger charge is -2.23. The molecule has 1 aromatic rings. The Morgan fingerprint density at radius 3 is 2.52 bits per heavy atom. The number of nitrogens with one attached hydrogen (secondary N) is 1. The minimum Gasteiger partial charge on any atom is -0.493 e. The molecule has 1 aromatic carbocycles. The van der Waals surface area contributed by atoms with E-state index in [-0.39, 0.29) is 30.9 Å². The molecule has 5 nitrogen and oxygen atoms in total. The topological polar surface area (TPSA) is 75.6 Å². The summed E-state index contributed by atoms with van der Waals surface area (Å²) in [5, 5.41) is 10.8. The molecule has 0 fully saturated rings. The number of carbonyl (C=O) groups is 2. The maximum absolute atomic E-state index is 11.4. The van der Waals surface area contributed by atoms with E-state index in [1.807, 2.05) is 25.1 Å². The van der Waals surface area contributed by atoms with Gasteiger partial charge < -0.3 is 15.2 Å². The van der Waals surface area contributed by atoms with E-state index < -0.39 is 5.97 Å². The highest BCUT2D eigenvalue weighted by molar-refractivity contribution is 5.81. The summed E-state index contributed by atoms with van der Waals surface area (Å²) < 4.78 is 5.71. The second kappa shape index (κ2) is 7.11. The number of carboxylic acids is 1. The smallest absolute Gasteiger partial charge is 0.322 e. The third-order valence-electron chi connectivity index (χ3n) is 2.97. The zero-order valence-corrected chi connectivity index (χ0v) is 13.0. The Morgan fingerprint density at radius 1 is 1.29 bits per heavy atom. The van der Waals surface area contributed by atoms with Crippen LogP contribution in [0.15, 0.2) is 18.2 Å². The highest BCUT2D eigenvalue weighted by atomic mass is 16.5. The molecule has 0 unspecified atom stereocenters. The minimum atomic E-state index is -1.06. The van der Waals surface area contributed by atoms with Gasteiger partial charge in [-0.15, -0.1) is 0 Å². The zero-order valence-electron chi connectivity index (χ0n) is 13.0. The first kappa shape index (κ1) is 17.0. The molecule has 0 bridgehead atoms. The predicted molar refractivity (Wildman–Crippen MR) is 80.6 cm³/mol. The maximum Gasteiger partial charge on any atom is 0.322 e. The Hall–Kier alpha value is -2.04. The molecule has 116 valence electrons. The third kappa shape index (κ3) is 5.85. The number of amides is 1. The van der Waals surface area contributed by atoms with Gasteiger partial charge in [-0.05, 0) is 29.5 Å². The Morgan fingerprint density at radius 2 is 1.95 bits per heavy atom. The number of carbonyl (C=O) groups excluding carboxylic acids is 1. The van der Waals surface area contributed by atoms with Crippen molar-refractivity contribution in [1.82, 2.24) is 5.32 Å². The van der Waals surface area contributed by atoms with Crippen LogP contribution in [0.2, 0.25) is 0 Å². The lowest BCUT2D eigenvalue weighted by atomic mass is 9.86. The third-order valence-corrected chi connectivity index (χ3v) is 2.97. The molecule has 0 radical (unpaired) electrons. The van der Waals surface area contributed by atoms with E-state index in [4.69, 9.17) is 9.84 Å². The van der Waals surface area contributed by atoms with Crippen molar-refractivity contribution in [1.29, 1.82) is 0 Å². The molecule has 0 aliphatic rings. The molecule has 1 rings (SSSR count). The van der Waals surface area contributed by atoms with Gasteiger partial charge in [0.25, 0.3) is 0 Å². The number of aliphatic carboxylic acids is 1. The molecular formula is C16H23NO4. The van der Waals surface area contributed by atoms with Gasteiger partial charge in [0.15, 0.2) is 0 Å². The lowest BCUT2D eigenvalue weighted by molar-refractivity contribution is -0.138. The van der Waals surface area contributed by atoms with Crippen LogP contribution in [0.1, 0.15) is 38.3 Å². The Labute approximate surface area is 125 Å². The first-order valence-electron chi connectivity index (χ1n) is 6.92. The zero-order chi connectivity index (χ0) is 16.0. The van der Waals surface area contributed by atoms with E-state index in [1.54, 1.807) is 0 Å². The van der Waals surface area contributed by atoms with Gasteiger partial charge in [-0.1, -0.05) is 32.9 Å². The largest absolute Gasteiger partial charge is 0.493 e. The highest BCUT2D eigenvalue weighted by Crippen LogP contribution is 2.32. The van der Waals surface area contributed by atoms with Crippen LogP contribution in [0.25, 0.3) is 0 Å². The predicted octanol–water partition coefficient (Wildman–Crippen LogP) is 2.26. The first-order valence-corrected chi connectivity index (χ1v) is 6.92. The van der Waals surface area contributed by atoms with Crippen LogP contribution < -0.4 is 10.1 Å². The number of hydrogen-bond acceptors (Lipinski definition) is 3. The Bertz CT molecular complexity index is 517. The molecular weight excluding hydrogens is 270 g/mol. The van der Waals surface area contributed by atoms with Crippen molar-refractivity contribution in [2.24, 2.45) is 0 Å². The molecule has 1 amide bonds. The second-order valence-electron chi connectivity index (χ2n) is 6.02. The van der Waals surface area contributed by atoms with Gasteiger partial charge in [-0.3, -0.25) is 9.59 Å². The highest BCUT2D eigenvalue weighted by Gasteiger charge is 2.19. The Kier molecular flexibility index (Phi) is 5.76. The number of hydrogen-bond donors (Lipinski definition) is 2. The van der Waals surface area contributed by atoms with Gasteiger partial charge in [-0.2, -0.15) is 0 Å². The van der Waals surface area contributed by atoms with Gasteiger partial charge in [0.05, 0.1) is 13.0 Å². The van der Waals surface area contributed by atoms with Gasteiger partial charge in [0, 0.05) is 0 Å². The minimum absolute atomic E-state index is 0.0470. The van der Waals surface area contributed by atoms with Crippen molar-refractivity contribution in [2.45, 2.75) is 39.5 Å². The number of ether oxygens (including phenoxy) is 1. The summed E-state index contributed by atoms with van der Waals surface area (Å²) in [5.74, 6) is -0.617. The summed E-state index contributed by atoms with van der Waals surface area (Å²) in [6.07, 6.45) is 0.130. The average molecular weight is 293 g/mol. The lowest BCUT2D eigenvalue weighted by Crippen LogP contribution is -2.30. The van der Waals surface area contributed by atoms with Crippen LogP contribution >= 0.6 is 0 Å². The van der Waals surface area contributed by atoms with Crippen molar-refractivity contribution >= 4 is 11.9 Å². The summed E-state index contributed by atoms with van der Waals surface area (Å²) in [6, 6.07) is 6.03. The number of benzene rings is 1. The van der Waals surface area contributed by atoms with Gasteiger partial charge >= 0.3 is 5.97 Å². The molecule has 0 aliphatic heterocycles. The van der Waals surface area contributed by atoms with Crippen LogP contribution in [0.5, 0.6) is 5.75 Å². The molecule has 0 aliphatic carbocycles. The van der Waals surface area contributed by atoms with Gasteiger partial charge in [0.2, 0.25) is 5.91 Å². The standard InChI is InChI=1S/C16H23NO4/c1-11-5-6-12(16(2,3)4)13(9-11)21-8-7-14(18)17-10-15(19)20/h5-6,9H,7-8,10H2,1-4H3,(H,17,18)(H,19,20). The van der Waals surface area contributed by atoms with Crippen molar-refractivity contribution in [3.05, 3.63) is 29.3 Å². The number of aryl methyl sites for hydroxylation is 1. The Balaban J connectivity index is 2.61. The van der Waals surface area contributed by atoms with Crippen molar-refractivity contribution in [3.8, 4) is 5.75 Å². The fourth-order valence-corrected chi connectivity index (χ4v) is 1.88. The molecule has 0 saturated carbocycles. The van der Waals surface area contributed by atoms with Crippen molar-refractivity contribution in [2.75, 3.05) is 13.2 Å². The summed E-state index contributed by atoms with van der Waals surface area (Å²) >= 11 is 0. The molecule has 0 spiro atoms. The summed E-state index contributed by atoms with van der Waals surface area (Å²) in [5.41, 5.74) is 2.13. The van der Waals surface area contributed by atoms with E-state index in [9.17, 15) is 9.59 Å². The fourth-order valence-electron chi connectivity index (χ4n) is 1.88. The van der Waals surface area contributed by atoms with Crippen molar-refractivity contribution < 1.29 is 19.4 Å². The van der Waals surface area contributed by atoms with Crippen LogP contribution in [0, 0.1) is 6.92 Å². The van der Waals surface area contributed by atoms with Crippen LogP contribution in [-0.4, -0.2) is 30.1 Å². The van der Waals surface area contributed by atoms with E-state index in [2.05, 4.69) is 26.1 Å². The number of carboxylic acid groups (broad SMARTS) is 1. The van der Waals surface area contributed by atoms with Crippen LogP contribution in [-0.2, 0) is 15.0 Å². The number of rotatable bonds is 6. The summed E-state index contributed by atoms with van der Waals surface area (Å²) in [4.78, 5) is 21.8. The first-order chi connectivity index (χ1) is 9.70. The summed E-state index contributed by atoms with van der Waals surface area (Å²) in [7, 11) is 0.